The highest BCUT2D eigenvalue weighted by molar-refractivity contribution is 7.89. The van der Waals surface area contributed by atoms with Gasteiger partial charge in [-0.15, -0.1) is 12.4 Å². The number of imidazole rings is 1. The summed E-state index contributed by atoms with van der Waals surface area (Å²) in [5, 5.41) is -0.101. The second-order valence-electron chi connectivity index (χ2n) is 6.51. The van der Waals surface area contributed by atoms with Crippen LogP contribution in [0.4, 0.5) is 0 Å². The molecule has 2 heterocycles. The maximum Gasteiger partial charge on any atom is 0.260 e. The third kappa shape index (κ3) is 4.86. The highest BCUT2D eigenvalue weighted by atomic mass is 35.5. The first kappa shape index (κ1) is 21.4. The van der Waals surface area contributed by atoms with E-state index in [0.29, 0.717) is 19.6 Å². The minimum absolute atomic E-state index is 0. The van der Waals surface area contributed by atoms with Gasteiger partial charge in [0.2, 0.25) is 5.91 Å². The molecule has 0 spiro atoms. The van der Waals surface area contributed by atoms with Crippen LogP contribution in [0, 0.1) is 5.92 Å². The lowest BCUT2D eigenvalue weighted by Crippen LogP contribution is -2.39. The van der Waals surface area contributed by atoms with Gasteiger partial charge < -0.3 is 15.2 Å². The monoisotopic (exact) mass is 413 g/mol. The molecular formula is C17H24ClN5O3S. The number of aryl methyl sites for hydroxylation is 1. The average Bonchev–Trinajstić information content (AvgIpc) is 3.27. The van der Waals surface area contributed by atoms with E-state index in [4.69, 9.17) is 5.73 Å². The topological polar surface area (TPSA) is 110 Å². The highest BCUT2D eigenvalue weighted by Gasteiger charge is 2.35. The lowest BCUT2D eigenvalue weighted by molar-refractivity contribution is -0.129. The van der Waals surface area contributed by atoms with E-state index < -0.39 is 10.0 Å². The number of nitrogens with one attached hydrogen (secondary N) is 1. The van der Waals surface area contributed by atoms with Crippen molar-refractivity contribution in [3.63, 3.8) is 0 Å². The van der Waals surface area contributed by atoms with E-state index in [1.165, 1.54) is 17.1 Å². The Morgan fingerprint density at radius 2 is 2.00 bits per heavy atom. The number of hydrogen-bond donors (Lipinski definition) is 2. The number of rotatable bonds is 6. The van der Waals surface area contributed by atoms with E-state index in [-0.39, 0.29) is 41.7 Å². The second-order valence-corrected chi connectivity index (χ2v) is 8.23. The third-order valence-electron chi connectivity index (χ3n) is 4.69. The van der Waals surface area contributed by atoms with Crippen molar-refractivity contribution in [1.29, 1.82) is 0 Å². The van der Waals surface area contributed by atoms with Crippen LogP contribution in [0.15, 0.2) is 47.9 Å². The maximum absolute atomic E-state index is 12.5. The summed E-state index contributed by atoms with van der Waals surface area (Å²) >= 11 is 0. The molecule has 1 aliphatic heterocycles. The number of aromatic nitrogens is 2. The molecule has 1 aliphatic rings. The predicted molar refractivity (Wildman–Crippen MR) is 104 cm³/mol. The number of halogens is 1. The van der Waals surface area contributed by atoms with Gasteiger partial charge in [0, 0.05) is 32.3 Å². The van der Waals surface area contributed by atoms with Gasteiger partial charge >= 0.3 is 0 Å². The van der Waals surface area contributed by atoms with Crippen LogP contribution < -0.4 is 10.5 Å². The zero-order valence-electron chi connectivity index (χ0n) is 15.0. The van der Waals surface area contributed by atoms with Crippen molar-refractivity contribution in [3.8, 4) is 0 Å². The summed E-state index contributed by atoms with van der Waals surface area (Å²) in [5.41, 5.74) is 7.03. The van der Waals surface area contributed by atoms with Crippen molar-refractivity contribution in [2.75, 3.05) is 26.2 Å². The Bertz CT molecular complexity index is 872. The Hall–Kier alpha value is -1.94. The summed E-state index contributed by atoms with van der Waals surface area (Å²) in [6, 6.07) is 9.95. The molecule has 0 radical (unpaired) electrons. The van der Waals surface area contributed by atoms with Gasteiger partial charge in [0.1, 0.15) is 0 Å². The van der Waals surface area contributed by atoms with Crippen LogP contribution in [0.2, 0.25) is 0 Å². The van der Waals surface area contributed by atoms with E-state index in [1.807, 2.05) is 30.3 Å². The zero-order valence-corrected chi connectivity index (χ0v) is 16.6. The first-order valence-electron chi connectivity index (χ1n) is 8.41. The average molecular weight is 414 g/mol. The normalized spacial score (nSPS) is 19.7. The van der Waals surface area contributed by atoms with E-state index >= 15 is 0 Å². The highest BCUT2D eigenvalue weighted by Crippen LogP contribution is 2.31. The van der Waals surface area contributed by atoms with Crippen LogP contribution in [-0.4, -0.2) is 55.0 Å². The summed E-state index contributed by atoms with van der Waals surface area (Å²) in [4.78, 5) is 18.0. The van der Waals surface area contributed by atoms with E-state index in [9.17, 15) is 13.2 Å². The van der Waals surface area contributed by atoms with Crippen molar-refractivity contribution in [1.82, 2.24) is 19.2 Å². The van der Waals surface area contributed by atoms with Crippen molar-refractivity contribution >= 4 is 28.3 Å². The quantitative estimate of drug-likeness (QED) is 0.708. The van der Waals surface area contributed by atoms with Crippen molar-refractivity contribution in [2.45, 2.75) is 10.9 Å². The fourth-order valence-corrected chi connectivity index (χ4v) is 4.21. The van der Waals surface area contributed by atoms with Gasteiger partial charge in [-0.25, -0.2) is 18.1 Å². The van der Waals surface area contributed by atoms with Crippen LogP contribution in [-0.2, 0) is 21.9 Å². The number of likely N-dealkylation sites (tertiary alicyclic amines) is 1. The largest absolute Gasteiger partial charge is 0.341 e. The fraction of sp³-hybridized carbons (Fsp3) is 0.412. The van der Waals surface area contributed by atoms with Crippen molar-refractivity contribution < 1.29 is 13.2 Å². The second kappa shape index (κ2) is 8.83. The van der Waals surface area contributed by atoms with Crippen LogP contribution >= 0.6 is 12.4 Å². The summed E-state index contributed by atoms with van der Waals surface area (Å²) in [6.07, 6.45) is 2.78. The molecule has 148 valence electrons. The molecule has 2 aromatic rings. The number of nitrogens with two attached hydrogens (primary N) is 1. The maximum atomic E-state index is 12.5. The number of benzene rings is 1. The van der Waals surface area contributed by atoms with Crippen LogP contribution in [0.1, 0.15) is 11.5 Å². The molecule has 0 bridgehead atoms. The number of carbonyl (C=O) groups excluding carboxylic acids is 1. The van der Waals surface area contributed by atoms with E-state index in [2.05, 4.69) is 9.71 Å². The number of hydrogen-bond acceptors (Lipinski definition) is 5. The van der Waals surface area contributed by atoms with Gasteiger partial charge in [-0.2, -0.15) is 0 Å². The Kier molecular flexibility index (Phi) is 6.99. The van der Waals surface area contributed by atoms with Crippen molar-refractivity contribution in [3.05, 3.63) is 48.4 Å². The molecule has 27 heavy (non-hydrogen) atoms. The summed E-state index contributed by atoms with van der Waals surface area (Å²) < 4.78 is 28.2. The zero-order chi connectivity index (χ0) is 18.7. The van der Waals surface area contributed by atoms with Crippen LogP contribution in [0.25, 0.3) is 0 Å². The van der Waals surface area contributed by atoms with Gasteiger partial charge in [0.05, 0.1) is 12.9 Å². The Labute approximate surface area is 165 Å². The molecule has 0 saturated carbocycles. The lowest BCUT2D eigenvalue weighted by Gasteiger charge is -2.17. The fourth-order valence-electron chi connectivity index (χ4n) is 3.26. The molecule has 1 amide bonds. The number of sulfonamides is 1. The van der Waals surface area contributed by atoms with Gasteiger partial charge in [-0.1, -0.05) is 30.3 Å². The number of amides is 1. The molecule has 3 N–H and O–H groups in total. The first-order valence-corrected chi connectivity index (χ1v) is 9.89. The van der Waals surface area contributed by atoms with Gasteiger partial charge in [-0.3, -0.25) is 4.79 Å². The summed E-state index contributed by atoms with van der Waals surface area (Å²) in [6.45, 7) is 1.25. The lowest BCUT2D eigenvalue weighted by atomic mass is 9.89. The Morgan fingerprint density at radius 1 is 1.30 bits per heavy atom. The Morgan fingerprint density at radius 3 is 2.59 bits per heavy atom. The molecule has 1 aromatic heterocycles. The molecule has 0 aliphatic carbocycles. The SMILES string of the molecule is Cl.Cn1cnc(S(=O)(=O)NCC(=O)N2C[C@@H](CN)[C@H](c3ccccc3)C2)c1. The van der Waals surface area contributed by atoms with Gasteiger partial charge in [0.15, 0.2) is 5.03 Å². The smallest absolute Gasteiger partial charge is 0.260 e. The Balaban J connectivity index is 0.00000261. The standard InChI is InChI=1S/C17H23N5O3S.ClH/c1-21-11-16(19-12-21)26(24,25)20-8-17(23)22-9-14(7-18)15(10-22)13-5-3-2-4-6-13;/h2-6,11-12,14-15,20H,7-10,18H2,1H3;1H/t14-,15+;/m1./s1. The molecule has 1 aromatic carbocycles. The van der Waals surface area contributed by atoms with Gasteiger partial charge in [0.25, 0.3) is 10.0 Å². The molecule has 3 rings (SSSR count). The molecule has 8 nitrogen and oxygen atoms in total. The summed E-state index contributed by atoms with van der Waals surface area (Å²) in [5.74, 6) is 0.0627. The minimum Gasteiger partial charge on any atom is -0.341 e. The van der Waals surface area contributed by atoms with Crippen LogP contribution in [0.5, 0.6) is 0 Å². The first-order chi connectivity index (χ1) is 12.4. The summed E-state index contributed by atoms with van der Waals surface area (Å²) in [7, 11) is -2.12. The molecule has 0 unspecified atom stereocenters. The van der Waals surface area contributed by atoms with E-state index in [1.54, 1.807) is 11.9 Å². The van der Waals surface area contributed by atoms with Gasteiger partial charge in [-0.05, 0) is 18.0 Å². The minimum atomic E-state index is -3.80. The van der Waals surface area contributed by atoms with Crippen molar-refractivity contribution in [2.24, 2.45) is 18.7 Å². The number of carbonyl (C=O) groups is 1. The van der Waals surface area contributed by atoms with Crippen LogP contribution in [0.3, 0.4) is 0 Å². The molecular weight excluding hydrogens is 390 g/mol. The molecule has 1 saturated heterocycles. The third-order valence-corrected chi connectivity index (χ3v) is 5.98. The number of nitrogens with zero attached hydrogens (tertiary/aromatic N) is 3. The van der Waals surface area contributed by atoms with E-state index in [0.717, 1.165) is 5.56 Å². The predicted octanol–water partition coefficient (Wildman–Crippen LogP) is 0.321. The molecule has 1 fully saturated rings. The molecule has 2 atom stereocenters. The molecule has 10 heteroatoms.